The Labute approximate surface area is 92.8 Å². The fraction of sp³-hybridized carbons (Fsp3) is 0.182. The van der Waals surface area contributed by atoms with Gasteiger partial charge in [0.15, 0.2) is 11.5 Å². The highest BCUT2D eigenvalue weighted by Gasteiger charge is 2.04. The molecule has 0 bridgehead atoms. The summed E-state index contributed by atoms with van der Waals surface area (Å²) in [5, 5.41) is 11.8. The zero-order chi connectivity index (χ0) is 11.4. The molecule has 5 heteroatoms. The van der Waals surface area contributed by atoms with Crippen molar-refractivity contribution in [2.45, 2.75) is 13.5 Å². The van der Waals surface area contributed by atoms with Crippen LogP contribution in [0.4, 0.5) is 5.82 Å². The molecule has 0 aromatic carbocycles. The van der Waals surface area contributed by atoms with Gasteiger partial charge in [0.2, 0.25) is 0 Å². The summed E-state index contributed by atoms with van der Waals surface area (Å²) in [6.45, 7) is 2.37. The first-order valence-electron chi connectivity index (χ1n) is 4.80. The molecule has 2 aromatic heterocycles. The van der Waals surface area contributed by atoms with Gasteiger partial charge in [-0.3, -0.25) is 0 Å². The van der Waals surface area contributed by atoms with Crippen LogP contribution in [0.25, 0.3) is 0 Å². The van der Waals surface area contributed by atoms with Crippen LogP contribution in [0, 0.1) is 18.3 Å². The maximum atomic E-state index is 8.80. The van der Waals surface area contributed by atoms with Crippen LogP contribution >= 0.6 is 0 Å². The molecule has 2 aromatic rings. The van der Waals surface area contributed by atoms with Gasteiger partial charge in [0.25, 0.3) is 0 Å². The minimum Gasteiger partial charge on any atom is -0.465 e. The zero-order valence-electron chi connectivity index (χ0n) is 8.77. The molecule has 80 valence electrons. The van der Waals surface area contributed by atoms with E-state index in [1.54, 1.807) is 0 Å². The van der Waals surface area contributed by atoms with Crippen molar-refractivity contribution >= 4 is 5.82 Å². The minimum atomic E-state index is 0.283. The van der Waals surface area contributed by atoms with E-state index < -0.39 is 0 Å². The predicted molar refractivity (Wildman–Crippen MR) is 57.5 cm³/mol. The number of furan rings is 1. The average molecular weight is 214 g/mol. The number of anilines is 1. The Kier molecular flexibility index (Phi) is 2.83. The van der Waals surface area contributed by atoms with Gasteiger partial charge in [0.05, 0.1) is 6.54 Å². The fourth-order valence-corrected chi connectivity index (χ4v) is 1.30. The molecule has 5 nitrogen and oxygen atoms in total. The van der Waals surface area contributed by atoms with Gasteiger partial charge >= 0.3 is 0 Å². The summed E-state index contributed by atoms with van der Waals surface area (Å²) in [7, 11) is 0. The van der Waals surface area contributed by atoms with E-state index in [1.807, 2.05) is 25.1 Å². The first-order valence-corrected chi connectivity index (χ1v) is 4.80. The van der Waals surface area contributed by atoms with Gasteiger partial charge in [0.1, 0.15) is 17.6 Å². The smallest absolute Gasteiger partial charge is 0.182 e. The Balaban J connectivity index is 2.08. The van der Waals surface area contributed by atoms with Crippen LogP contribution in [0.2, 0.25) is 0 Å². The fourth-order valence-electron chi connectivity index (χ4n) is 1.30. The number of hydrogen-bond acceptors (Lipinski definition) is 5. The topological polar surface area (TPSA) is 74.7 Å². The molecule has 0 aliphatic carbocycles. The summed E-state index contributed by atoms with van der Waals surface area (Å²) >= 11 is 0. The Bertz CT molecular complexity index is 527. The Hall–Kier alpha value is -2.35. The van der Waals surface area contributed by atoms with Crippen molar-refractivity contribution in [3.05, 3.63) is 41.7 Å². The van der Waals surface area contributed by atoms with Crippen molar-refractivity contribution in [2.75, 3.05) is 5.32 Å². The first kappa shape index (κ1) is 10.2. The van der Waals surface area contributed by atoms with Crippen molar-refractivity contribution in [3.63, 3.8) is 0 Å². The van der Waals surface area contributed by atoms with E-state index in [2.05, 4.69) is 15.3 Å². The van der Waals surface area contributed by atoms with Crippen molar-refractivity contribution in [1.82, 2.24) is 9.97 Å². The maximum Gasteiger partial charge on any atom is 0.182 e. The summed E-state index contributed by atoms with van der Waals surface area (Å²) in [4.78, 5) is 7.93. The van der Waals surface area contributed by atoms with E-state index in [4.69, 9.17) is 9.68 Å². The molecule has 0 atom stereocenters. The zero-order valence-corrected chi connectivity index (χ0v) is 8.77. The van der Waals surface area contributed by atoms with E-state index in [9.17, 15) is 0 Å². The molecule has 0 saturated carbocycles. The highest BCUT2D eigenvalue weighted by Crippen LogP contribution is 2.11. The molecule has 2 heterocycles. The van der Waals surface area contributed by atoms with Crippen LogP contribution < -0.4 is 5.32 Å². The second kappa shape index (κ2) is 4.45. The quantitative estimate of drug-likeness (QED) is 0.844. The Morgan fingerprint density at radius 1 is 1.38 bits per heavy atom. The van der Waals surface area contributed by atoms with E-state index >= 15 is 0 Å². The highest BCUT2D eigenvalue weighted by atomic mass is 16.3. The summed E-state index contributed by atoms with van der Waals surface area (Å²) < 4.78 is 5.39. The molecule has 1 N–H and O–H groups in total. The molecule has 0 saturated heterocycles. The van der Waals surface area contributed by atoms with Gasteiger partial charge in [-0.15, -0.1) is 0 Å². The summed E-state index contributed by atoms with van der Waals surface area (Å²) in [5.74, 6) is 2.13. The van der Waals surface area contributed by atoms with Crippen molar-refractivity contribution in [1.29, 1.82) is 5.26 Å². The number of hydrogen-bond donors (Lipinski definition) is 1. The van der Waals surface area contributed by atoms with E-state index in [-0.39, 0.29) is 5.69 Å². The molecule has 16 heavy (non-hydrogen) atoms. The van der Waals surface area contributed by atoms with E-state index in [1.165, 1.54) is 12.4 Å². The Morgan fingerprint density at radius 3 is 2.88 bits per heavy atom. The molecule has 0 radical (unpaired) electrons. The van der Waals surface area contributed by atoms with Gasteiger partial charge < -0.3 is 9.73 Å². The third-order valence-electron chi connectivity index (χ3n) is 2.03. The third kappa shape index (κ3) is 2.17. The number of rotatable bonds is 3. The molecule has 0 amide bonds. The lowest BCUT2D eigenvalue weighted by Crippen LogP contribution is -2.03. The van der Waals surface area contributed by atoms with Crippen molar-refractivity contribution in [2.24, 2.45) is 0 Å². The van der Waals surface area contributed by atoms with Crippen LogP contribution in [0.15, 0.2) is 28.9 Å². The predicted octanol–water partition coefficient (Wildman–Crippen LogP) is 1.86. The van der Waals surface area contributed by atoms with Gasteiger partial charge in [-0.25, -0.2) is 9.97 Å². The van der Waals surface area contributed by atoms with E-state index in [0.29, 0.717) is 12.4 Å². The Morgan fingerprint density at radius 2 is 2.19 bits per heavy atom. The summed E-state index contributed by atoms with van der Waals surface area (Å²) in [6.07, 6.45) is 3.03. The van der Waals surface area contributed by atoms with Gasteiger partial charge in [-0.05, 0) is 19.1 Å². The molecule has 0 aliphatic rings. The van der Waals surface area contributed by atoms with Crippen LogP contribution in [0.5, 0.6) is 0 Å². The second-order valence-electron chi connectivity index (χ2n) is 3.23. The normalized spacial score (nSPS) is 9.75. The summed E-state index contributed by atoms with van der Waals surface area (Å²) in [6, 6.07) is 5.74. The average Bonchev–Trinajstić information content (AvgIpc) is 2.73. The van der Waals surface area contributed by atoms with Crippen LogP contribution in [0.1, 0.15) is 17.2 Å². The van der Waals surface area contributed by atoms with Gasteiger partial charge in [-0.1, -0.05) is 0 Å². The highest BCUT2D eigenvalue weighted by molar-refractivity contribution is 5.46. The standard InChI is InChI=1S/C11H10N4O/c1-8-2-3-9(16-8)7-15-11-10(6-12)13-4-5-14-11/h2-5H,7H2,1H3,(H,14,15). The maximum absolute atomic E-state index is 8.80. The lowest BCUT2D eigenvalue weighted by atomic mass is 10.4. The molecule has 0 unspecified atom stereocenters. The molecule has 0 aliphatic heterocycles. The monoisotopic (exact) mass is 214 g/mol. The van der Waals surface area contributed by atoms with Crippen LogP contribution in [-0.4, -0.2) is 9.97 Å². The number of aromatic nitrogens is 2. The summed E-state index contributed by atoms with van der Waals surface area (Å²) in [5.41, 5.74) is 0.283. The van der Waals surface area contributed by atoms with Crippen LogP contribution in [-0.2, 0) is 6.54 Å². The SMILES string of the molecule is Cc1ccc(CNc2nccnc2C#N)o1. The van der Waals surface area contributed by atoms with Crippen molar-refractivity contribution in [3.8, 4) is 6.07 Å². The first-order chi connectivity index (χ1) is 7.79. The van der Waals surface area contributed by atoms with Crippen molar-refractivity contribution < 1.29 is 4.42 Å². The number of nitriles is 1. The minimum absolute atomic E-state index is 0.283. The lowest BCUT2D eigenvalue weighted by Gasteiger charge is -2.03. The van der Waals surface area contributed by atoms with Gasteiger partial charge in [-0.2, -0.15) is 5.26 Å². The molecular weight excluding hydrogens is 204 g/mol. The van der Waals surface area contributed by atoms with Crippen LogP contribution in [0.3, 0.4) is 0 Å². The number of aryl methyl sites for hydroxylation is 1. The third-order valence-corrected chi connectivity index (χ3v) is 2.03. The largest absolute Gasteiger partial charge is 0.465 e. The molecule has 2 rings (SSSR count). The molecule has 0 fully saturated rings. The van der Waals surface area contributed by atoms with Gasteiger partial charge in [0, 0.05) is 12.4 Å². The number of nitrogens with zero attached hydrogens (tertiary/aromatic N) is 3. The molecular formula is C11H10N4O. The number of nitrogens with one attached hydrogen (secondary N) is 1. The van der Waals surface area contributed by atoms with E-state index in [0.717, 1.165) is 11.5 Å². The molecule has 0 spiro atoms. The second-order valence-corrected chi connectivity index (χ2v) is 3.23. The lowest BCUT2D eigenvalue weighted by molar-refractivity contribution is 0.490.